The van der Waals surface area contributed by atoms with Gasteiger partial charge in [-0.2, -0.15) is 0 Å². The molecule has 2 aromatic carbocycles. The Morgan fingerprint density at radius 1 is 0.970 bits per heavy atom. The van der Waals surface area contributed by atoms with Crippen molar-refractivity contribution in [2.75, 3.05) is 19.6 Å². The van der Waals surface area contributed by atoms with Crippen LogP contribution in [0.4, 0.5) is 4.39 Å². The Bertz CT molecular complexity index is 956. The summed E-state index contributed by atoms with van der Waals surface area (Å²) in [5, 5.41) is 7.09. The van der Waals surface area contributed by atoms with Gasteiger partial charge in [-0.1, -0.05) is 42.5 Å². The molecule has 4 rings (SSSR count). The first-order valence-corrected chi connectivity index (χ1v) is 11.3. The third-order valence-corrected chi connectivity index (χ3v) is 5.75. The van der Waals surface area contributed by atoms with Crippen molar-refractivity contribution in [3.63, 3.8) is 0 Å². The summed E-state index contributed by atoms with van der Waals surface area (Å²) in [4.78, 5) is 7.24. The third kappa shape index (κ3) is 8.47. The molecule has 5 nitrogen and oxygen atoms in total. The molecule has 0 spiro atoms. The van der Waals surface area contributed by atoms with Crippen LogP contribution in [-0.4, -0.2) is 36.5 Å². The second-order valence-corrected chi connectivity index (χ2v) is 8.23. The molecule has 7 heteroatoms. The van der Waals surface area contributed by atoms with E-state index in [1.165, 1.54) is 17.7 Å². The minimum Gasteiger partial charge on any atom is -0.469 e. The van der Waals surface area contributed by atoms with Crippen LogP contribution in [0.15, 0.2) is 82.4 Å². The number of nitrogens with zero attached hydrogens (tertiary/aromatic N) is 2. The predicted molar refractivity (Wildman–Crippen MR) is 141 cm³/mol. The summed E-state index contributed by atoms with van der Waals surface area (Å²) in [7, 11) is 0. The topological polar surface area (TPSA) is 52.8 Å². The summed E-state index contributed by atoms with van der Waals surface area (Å²) < 4.78 is 18.6. The average Bonchev–Trinajstić information content (AvgIpc) is 3.34. The maximum atomic E-state index is 13.1. The van der Waals surface area contributed by atoms with Crippen molar-refractivity contribution in [2.24, 2.45) is 4.99 Å². The Hall–Kier alpha value is -2.39. The lowest BCUT2D eigenvalue weighted by atomic mass is 10.0. The first-order valence-electron chi connectivity index (χ1n) is 11.3. The molecule has 1 saturated heterocycles. The van der Waals surface area contributed by atoms with Gasteiger partial charge >= 0.3 is 0 Å². The summed E-state index contributed by atoms with van der Waals surface area (Å²) in [6.07, 6.45) is 4.61. The summed E-state index contributed by atoms with van der Waals surface area (Å²) in [5.74, 6) is 1.63. The fourth-order valence-electron chi connectivity index (χ4n) is 3.94. The van der Waals surface area contributed by atoms with Gasteiger partial charge in [0.05, 0.1) is 12.8 Å². The molecule has 3 aromatic rings. The van der Waals surface area contributed by atoms with E-state index in [1.807, 2.05) is 42.5 Å². The highest BCUT2D eigenvalue weighted by molar-refractivity contribution is 14.0. The molecule has 1 fully saturated rings. The number of hydrogen-bond donors (Lipinski definition) is 2. The zero-order valence-electron chi connectivity index (χ0n) is 18.8. The molecule has 2 heterocycles. The average molecular weight is 562 g/mol. The van der Waals surface area contributed by atoms with E-state index in [1.54, 1.807) is 6.26 Å². The van der Waals surface area contributed by atoms with E-state index in [-0.39, 0.29) is 29.8 Å². The number of halogens is 2. The van der Waals surface area contributed by atoms with Crippen molar-refractivity contribution in [3.05, 3.63) is 95.7 Å². The van der Waals surface area contributed by atoms with Gasteiger partial charge in [0.1, 0.15) is 11.6 Å². The van der Waals surface area contributed by atoms with Gasteiger partial charge in [0.2, 0.25) is 0 Å². The molecule has 0 unspecified atom stereocenters. The zero-order chi connectivity index (χ0) is 22.0. The summed E-state index contributed by atoms with van der Waals surface area (Å²) in [6, 6.07) is 21.4. The molecular formula is C26H32FIN4O. The number of piperidine rings is 1. The highest BCUT2D eigenvalue weighted by Crippen LogP contribution is 2.14. The van der Waals surface area contributed by atoms with E-state index in [9.17, 15) is 4.39 Å². The Morgan fingerprint density at radius 2 is 1.73 bits per heavy atom. The van der Waals surface area contributed by atoms with Gasteiger partial charge in [-0.05, 0) is 48.2 Å². The summed E-state index contributed by atoms with van der Waals surface area (Å²) >= 11 is 0. The first-order chi connectivity index (χ1) is 15.7. The van der Waals surface area contributed by atoms with Crippen molar-refractivity contribution >= 4 is 29.9 Å². The van der Waals surface area contributed by atoms with Crippen molar-refractivity contribution in [2.45, 2.75) is 38.4 Å². The highest BCUT2D eigenvalue weighted by Gasteiger charge is 2.20. The van der Waals surface area contributed by atoms with Gasteiger partial charge in [0.15, 0.2) is 5.96 Å². The number of aliphatic imine (C=N–C) groups is 1. The van der Waals surface area contributed by atoms with Gasteiger partial charge in [-0.15, -0.1) is 24.0 Å². The second kappa shape index (κ2) is 13.3. The molecule has 2 N–H and O–H groups in total. The Balaban J connectivity index is 0.00000306. The van der Waals surface area contributed by atoms with Crippen LogP contribution >= 0.6 is 24.0 Å². The molecule has 0 amide bonds. The quantitative estimate of drug-likeness (QED) is 0.231. The van der Waals surface area contributed by atoms with Crippen molar-refractivity contribution in [1.29, 1.82) is 0 Å². The third-order valence-electron chi connectivity index (χ3n) is 5.75. The lowest BCUT2D eigenvalue weighted by Crippen LogP contribution is -2.48. The second-order valence-electron chi connectivity index (χ2n) is 8.23. The van der Waals surface area contributed by atoms with Crippen molar-refractivity contribution < 1.29 is 8.81 Å². The van der Waals surface area contributed by atoms with Gasteiger partial charge in [0, 0.05) is 38.6 Å². The largest absolute Gasteiger partial charge is 0.469 e. The number of rotatable bonds is 8. The minimum atomic E-state index is -0.182. The number of benzene rings is 2. The van der Waals surface area contributed by atoms with E-state index >= 15 is 0 Å². The number of guanidine groups is 1. The molecule has 1 aliphatic heterocycles. The van der Waals surface area contributed by atoms with Crippen LogP contribution in [0.2, 0.25) is 0 Å². The van der Waals surface area contributed by atoms with Gasteiger partial charge in [0.25, 0.3) is 0 Å². The zero-order valence-corrected chi connectivity index (χ0v) is 21.1. The van der Waals surface area contributed by atoms with E-state index < -0.39 is 0 Å². The molecule has 0 bridgehead atoms. The number of nitrogens with one attached hydrogen (secondary N) is 2. The SMILES string of the molecule is Fc1ccc(CN2CCC(NC(=NCc3ccccc3)NCCc3ccco3)CC2)cc1.I. The molecule has 176 valence electrons. The first kappa shape index (κ1) is 25.2. The van der Waals surface area contributed by atoms with E-state index in [0.717, 1.165) is 62.7 Å². The Labute approximate surface area is 212 Å². The maximum absolute atomic E-state index is 13.1. The molecule has 1 aromatic heterocycles. The van der Waals surface area contributed by atoms with Crippen molar-refractivity contribution in [1.82, 2.24) is 15.5 Å². The normalized spacial score (nSPS) is 15.1. The fourth-order valence-corrected chi connectivity index (χ4v) is 3.94. The molecule has 0 radical (unpaired) electrons. The number of likely N-dealkylation sites (tertiary alicyclic amines) is 1. The van der Waals surface area contributed by atoms with E-state index in [2.05, 4.69) is 27.7 Å². The monoisotopic (exact) mass is 562 g/mol. The predicted octanol–water partition coefficient (Wildman–Crippen LogP) is 4.98. The standard InChI is InChI=1S/C26H31FN4O.HI/c27-23-10-8-22(9-11-23)20-31-16-13-24(14-17-31)30-26(28-15-12-25-7-4-18-32-25)29-19-21-5-2-1-3-6-21;/h1-11,18,24H,12-17,19-20H2,(H2,28,29,30);1H. The lowest BCUT2D eigenvalue weighted by Gasteiger charge is -2.33. The molecule has 1 aliphatic rings. The van der Waals surface area contributed by atoms with Crippen LogP contribution in [0, 0.1) is 5.82 Å². The van der Waals surface area contributed by atoms with Gasteiger partial charge in [-0.3, -0.25) is 4.90 Å². The molecule has 33 heavy (non-hydrogen) atoms. The van der Waals surface area contributed by atoms with Gasteiger partial charge in [-0.25, -0.2) is 9.38 Å². The fraction of sp³-hybridized carbons (Fsp3) is 0.346. The highest BCUT2D eigenvalue weighted by atomic mass is 127. The van der Waals surface area contributed by atoms with Crippen LogP contribution in [0.3, 0.4) is 0 Å². The molecule has 0 aliphatic carbocycles. The minimum absolute atomic E-state index is 0. The number of hydrogen-bond acceptors (Lipinski definition) is 3. The Kier molecular flexibility index (Phi) is 10.2. The van der Waals surface area contributed by atoms with E-state index in [4.69, 9.17) is 9.41 Å². The van der Waals surface area contributed by atoms with Crippen LogP contribution in [0.25, 0.3) is 0 Å². The smallest absolute Gasteiger partial charge is 0.191 e. The molecule has 0 atom stereocenters. The Morgan fingerprint density at radius 3 is 2.42 bits per heavy atom. The van der Waals surface area contributed by atoms with Gasteiger partial charge < -0.3 is 15.1 Å². The summed E-state index contributed by atoms with van der Waals surface area (Å²) in [6.45, 7) is 4.28. The van der Waals surface area contributed by atoms with Crippen LogP contribution in [0.5, 0.6) is 0 Å². The maximum Gasteiger partial charge on any atom is 0.191 e. The van der Waals surface area contributed by atoms with Crippen molar-refractivity contribution in [3.8, 4) is 0 Å². The van der Waals surface area contributed by atoms with Crippen LogP contribution in [-0.2, 0) is 19.5 Å². The molecular weight excluding hydrogens is 530 g/mol. The molecule has 0 saturated carbocycles. The summed E-state index contributed by atoms with van der Waals surface area (Å²) in [5.41, 5.74) is 2.34. The van der Waals surface area contributed by atoms with Crippen LogP contribution in [0.1, 0.15) is 29.7 Å². The van der Waals surface area contributed by atoms with E-state index in [0.29, 0.717) is 12.6 Å². The number of furan rings is 1. The lowest BCUT2D eigenvalue weighted by molar-refractivity contribution is 0.198. The van der Waals surface area contributed by atoms with Crippen LogP contribution < -0.4 is 10.6 Å².